The van der Waals surface area contributed by atoms with Crippen molar-refractivity contribution in [2.75, 3.05) is 0 Å². The fourth-order valence-electron chi connectivity index (χ4n) is 1.41. The maximum atomic E-state index is 6.15. The molecule has 0 aliphatic carbocycles. The first-order valence-electron chi connectivity index (χ1n) is 6.21. The summed E-state index contributed by atoms with van der Waals surface area (Å²) in [6.07, 6.45) is 7.46. The average Bonchev–Trinajstić information content (AvgIpc) is 2.71. The van der Waals surface area contributed by atoms with Gasteiger partial charge in [0.2, 0.25) is 0 Å². The third-order valence-electron chi connectivity index (χ3n) is 3.72. The summed E-state index contributed by atoms with van der Waals surface area (Å²) >= 11 is 0. The first-order valence-corrected chi connectivity index (χ1v) is 9.12. The first-order chi connectivity index (χ1) is 8.29. The van der Waals surface area contributed by atoms with Crippen molar-refractivity contribution in [2.24, 2.45) is 0 Å². The van der Waals surface area contributed by atoms with Crippen molar-refractivity contribution in [1.82, 2.24) is 14.4 Å². The number of nitrogens with zero attached hydrogens (tertiary/aromatic N) is 3. The van der Waals surface area contributed by atoms with Crippen LogP contribution in [0.4, 0.5) is 0 Å². The second-order valence-corrected chi connectivity index (χ2v) is 10.9. The second kappa shape index (κ2) is 4.48. The van der Waals surface area contributed by atoms with Gasteiger partial charge in [-0.2, -0.15) is 0 Å². The third-order valence-corrected chi connectivity index (χ3v) is 8.20. The van der Waals surface area contributed by atoms with E-state index in [1.165, 1.54) is 0 Å². The van der Waals surface area contributed by atoms with Crippen LogP contribution < -0.4 is 0 Å². The zero-order valence-electron chi connectivity index (χ0n) is 11.8. The lowest BCUT2D eigenvalue weighted by Crippen LogP contribution is -2.40. The molecule has 4 nitrogen and oxygen atoms in total. The molecule has 98 valence electrons. The Hall–Kier alpha value is -1.20. The molecule has 0 radical (unpaired) electrons. The van der Waals surface area contributed by atoms with E-state index in [4.69, 9.17) is 4.43 Å². The highest BCUT2D eigenvalue weighted by molar-refractivity contribution is 6.74. The van der Waals surface area contributed by atoms with Crippen molar-refractivity contribution in [3.63, 3.8) is 0 Å². The fraction of sp³-hybridized carbons (Fsp3) is 0.538. The summed E-state index contributed by atoms with van der Waals surface area (Å²) in [7, 11) is -1.70. The lowest BCUT2D eigenvalue weighted by Gasteiger charge is -2.36. The quantitative estimate of drug-likeness (QED) is 0.798. The molecule has 0 fully saturated rings. The predicted molar refractivity (Wildman–Crippen MR) is 75.0 cm³/mol. The van der Waals surface area contributed by atoms with Crippen LogP contribution >= 0.6 is 0 Å². The molecule has 0 N–H and O–H groups in total. The van der Waals surface area contributed by atoms with Gasteiger partial charge in [-0.25, -0.2) is 4.98 Å². The Labute approximate surface area is 109 Å². The van der Waals surface area contributed by atoms with E-state index in [2.05, 4.69) is 43.8 Å². The summed E-state index contributed by atoms with van der Waals surface area (Å²) in [6, 6.07) is 0. The van der Waals surface area contributed by atoms with E-state index in [-0.39, 0.29) is 5.04 Å². The largest absolute Gasteiger partial charge is 0.411 e. The maximum Gasteiger partial charge on any atom is 0.192 e. The molecular formula is C13H21N3OSi. The normalized spacial score (nSPS) is 13.2. The summed E-state index contributed by atoms with van der Waals surface area (Å²) in [4.78, 5) is 8.55. The van der Waals surface area contributed by atoms with Crippen LogP contribution in [0.1, 0.15) is 26.5 Å². The van der Waals surface area contributed by atoms with Crippen LogP contribution in [0.15, 0.2) is 24.8 Å². The molecule has 18 heavy (non-hydrogen) atoms. The zero-order chi connectivity index (χ0) is 13.4. The Balaban J connectivity index is 2.10. The van der Waals surface area contributed by atoms with E-state index in [1.54, 1.807) is 12.4 Å². The predicted octanol–water partition coefficient (Wildman–Crippen LogP) is 3.25. The van der Waals surface area contributed by atoms with Gasteiger partial charge in [-0.05, 0) is 18.1 Å². The van der Waals surface area contributed by atoms with Crippen molar-refractivity contribution in [3.05, 3.63) is 30.5 Å². The van der Waals surface area contributed by atoms with Gasteiger partial charge in [-0.1, -0.05) is 20.8 Å². The molecule has 0 saturated heterocycles. The van der Waals surface area contributed by atoms with E-state index in [0.29, 0.717) is 6.61 Å². The molecule has 0 bridgehead atoms. The molecule has 0 aromatic carbocycles. The molecule has 0 aliphatic heterocycles. The van der Waals surface area contributed by atoms with Crippen molar-refractivity contribution in [1.29, 1.82) is 0 Å². The Morgan fingerprint density at radius 3 is 2.67 bits per heavy atom. The van der Waals surface area contributed by atoms with E-state index >= 15 is 0 Å². The molecule has 0 amide bonds. The summed E-state index contributed by atoms with van der Waals surface area (Å²) in [5, 5.41) is 0.228. The number of hydrogen-bond donors (Lipinski definition) is 0. The van der Waals surface area contributed by atoms with Gasteiger partial charge in [0, 0.05) is 18.6 Å². The number of imidazole rings is 1. The van der Waals surface area contributed by atoms with Crippen LogP contribution in [0.25, 0.3) is 5.65 Å². The smallest absolute Gasteiger partial charge is 0.192 e. The molecule has 2 rings (SSSR count). The Kier molecular flexibility index (Phi) is 3.29. The van der Waals surface area contributed by atoms with E-state index in [1.807, 2.05) is 16.8 Å². The van der Waals surface area contributed by atoms with Gasteiger partial charge in [-0.15, -0.1) is 0 Å². The maximum absolute atomic E-state index is 6.15. The minimum absolute atomic E-state index is 0.228. The van der Waals surface area contributed by atoms with Crippen LogP contribution in [0.5, 0.6) is 0 Å². The lowest BCUT2D eigenvalue weighted by molar-refractivity contribution is 0.271. The molecule has 0 spiro atoms. The SMILES string of the molecule is CC(C)(C)[Si](C)(C)OCc1cn2ccnc2cn1. The van der Waals surface area contributed by atoms with Gasteiger partial charge in [0.05, 0.1) is 18.5 Å². The van der Waals surface area contributed by atoms with Gasteiger partial charge in [0.25, 0.3) is 0 Å². The van der Waals surface area contributed by atoms with Crippen LogP contribution in [-0.4, -0.2) is 22.7 Å². The summed E-state index contributed by atoms with van der Waals surface area (Å²) in [6.45, 7) is 11.8. The first kappa shape index (κ1) is 13.2. The van der Waals surface area contributed by atoms with Gasteiger partial charge < -0.3 is 8.83 Å². The molecule has 5 heteroatoms. The minimum Gasteiger partial charge on any atom is -0.411 e. The van der Waals surface area contributed by atoms with Crippen molar-refractivity contribution in [2.45, 2.75) is 45.5 Å². The summed E-state index contributed by atoms with van der Waals surface area (Å²) in [5.74, 6) is 0. The van der Waals surface area contributed by atoms with E-state index < -0.39 is 8.32 Å². The van der Waals surface area contributed by atoms with Crippen molar-refractivity contribution < 1.29 is 4.43 Å². The van der Waals surface area contributed by atoms with Gasteiger partial charge in [0.15, 0.2) is 14.0 Å². The van der Waals surface area contributed by atoms with Crippen LogP contribution in [-0.2, 0) is 11.0 Å². The zero-order valence-corrected chi connectivity index (χ0v) is 12.8. The van der Waals surface area contributed by atoms with Gasteiger partial charge >= 0.3 is 0 Å². The second-order valence-electron chi connectivity index (χ2n) is 6.12. The van der Waals surface area contributed by atoms with Gasteiger partial charge in [0.1, 0.15) is 0 Å². The van der Waals surface area contributed by atoms with Crippen LogP contribution in [0.2, 0.25) is 18.1 Å². The fourth-order valence-corrected chi connectivity index (χ4v) is 2.36. The average molecular weight is 263 g/mol. The molecule has 2 heterocycles. The molecule has 0 unspecified atom stereocenters. The highest BCUT2D eigenvalue weighted by Crippen LogP contribution is 2.36. The van der Waals surface area contributed by atoms with E-state index in [9.17, 15) is 0 Å². The lowest BCUT2D eigenvalue weighted by atomic mass is 10.2. The van der Waals surface area contributed by atoms with Gasteiger partial charge in [-0.3, -0.25) is 4.98 Å². The Morgan fingerprint density at radius 1 is 1.28 bits per heavy atom. The Bertz CT molecular complexity index is 542. The van der Waals surface area contributed by atoms with Crippen molar-refractivity contribution >= 4 is 14.0 Å². The molecule has 0 aliphatic rings. The molecule has 0 saturated carbocycles. The molecule has 2 aromatic heterocycles. The molecular weight excluding hydrogens is 242 g/mol. The monoisotopic (exact) mass is 263 g/mol. The van der Waals surface area contributed by atoms with Crippen molar-refractivity contribution in [3.8, 4) is 0 Å². The highest BCUT2D eigenvalue weighted by Gasteiger charge is 2.37. The topological polar surface area (TPSA) is 39.4 Å². The standard InChI is InChI=1S/C13H21N3OSi/c1-13(2,3)18(4,5)17-10-11-9-16-7-6-14-12(16)8-15-11/h6-9H,10H2,1-5H3. The van der Waals surface area contributed by atoms with Crippen LogP contribution in [0.3, 0.4) is 0 Å². The summed E-state index contributed by atoms with van der Waals surface area (Å²) in [5.41, 5.74) is 1.82. The number of rotatable bonds is 3. The summed E-state index contributed by atoms with van der Waals surface area (Å²) < 4.78 is 8.12. The number of hydrogen-bond acceptors (Lipinski definition) is 3. The van der Waals surface area contributed by atoms with E-state index in [0.717, 1.165) is 11.3 Å². The highest BCUT2D eigenvalue weighted by atomic mass is 28.4. The molecule has 2 aromatic rings. The number of fused-ring (bicyclic) bond motifs is 1. The Morgan fingerprint density at radius 2 is 2.00 bits per heavy atom. The van der Waals surface area contributed by atoms with Crippen LogP contribution in [0, 0.1) is 0 Å². The minimum atomic E-state index is -1.70. The third kappa shape index (κ3) is 2.62. The molecule has 0 atom stereocenters. The number of aromatic nitrogens is 3.